The zero-order valence-corrected chi connectivity index (χ0v) is 15.8. The molecule has 0 radical (unpaired) electrons. The second-order valence-electron chi connectivity index (χ2n) is 6.61. The van der Waals surface area contributed by atoms with Crippen LogP contribution in [0.3, 0.4) is 0 Å². The fourth-order valence-electron chi connectivity index (χ4n) is 1.56. The second kappa shape index (κ2) is 5.56. The first-order valence-corrected chi connectivity index (χ1v) is 14.5. The highest BCUT2D eigenvalue weighted by Gasteiger charge is 2.46. The van der Waals surface area contributed by atoms with E-state index in [0.717, 1.165) is 0 Å². The molecule has 0 bridgehead atoms. The van der Waals surface area contributed by atoms with Crippen molar-refractivity contribution in [2.24, 2.45) is 0 Å². The highest BCUT2D eigenvalue weighted by atomic mass is 28.4. The normalized spacial score (nSPS) is 15.8. The molecule has 0 fully saturated rings. The molecule has 0 aromatic rings. The van der Waals surface area contributed by atoms with Crippen LogP contribution in [0, 0.1) is 0 Å². The van der Waals surface area contributed by atoms with E-state index in [2.05, 4.69) is 46.6 Å². The fourth-order valence-corrected chi connectivity index (χ4v) is 7.70. The maximum absolute atomic E-state index is 11.5. The van der Waals surface area contributed by atoms with Gasteiger partial charge in [-0.2, -0.15) is 0 Å². The van der Waals surface area contributed by atoms with E-state index >= 15 is 0 Å². The molecule has 0 heterocycles. The Hall–Kier alpha value is 0.371. The third kappa shape index (κ3) is 5.69. The molecule has 1 unspecified atom stereocenters. The lowest BCUT2D eigenvalue weighted by Crippen LogP contribution is -2.59. The third-order valence-electron chi connectivity index (χ3n) is 3.06. The van der Waals surface area contributed by atoms with Gasteiger partial charge in [0.25, 0.3) is 0 Å². The van der Waals surface area contributed by atoms with Crippen LogP contribution in [0.5, 0.6) is 0 Å². The van der Waals surface area contributed by atoms with Gasteiger partial charge in [0.15, 0.2) is 8.32 Å². The molecular formula is C11H28O3Si3. The summed E-state index contributed by atoms with van der Waals surface area (Å²) < 4.78 is 23.8. The van der Waals surface area contributed by atoms with Gasteiger partial charge in [-0.05, 0) is 60.1 Å². The van der Waals surface area contributed by atoms with Gasteiger partial charge in [-0.25, -0.2) is 0 Å². The minimum atomic E-state index is -2.03. The summed E-state index contributed by atoms with van der Waals surface area (Å²) >= 11 is 0. The van der Waals surface area contributed by atoms with Crippen molar-refractivity contribution >= 4 is 25.3 Å². The predicted octanol–water partition coefficient (Wildman–Crippen LogP) is 3.36. The second-order valence-corrected chi connectivity index (χ2v) is 17.5. The Morgan fingerprint density at radius 3 is 1.82 bits per heavy atom. The third-order valence-corrected chi connectivity index (χ3v) is 9.83. The van der Waals surface area contributed by atoms with E-state index in [4.69, 9.17) is 8.85 Å². The SMILES string of the molecule is CC(O[Si](C)(C)C(C)(C)O[Si](C)(C)C)[Si](C)=O. The Morgan fingerprint density at radius 2 is 1.53 bits per heavy atom. The van der Waals surface area contributed by atoms with Crippen molar-refractivity contribution in [1.82, 2.24) is 0 Å². The van der Waals surface area contributed by atoms with Crippen molar-refractivity contribution in [3.05, 3.63) is 0 Å². The molecule has 1 atom stereocenters. The van der Waals surface area contributed by atoms with Gasteiger partial charge in [0.1, 0.15) is 0 Å². The number of hydrogen-bond donors (Lipinski definition) is 0. The van der Waals surface area contributed by atoms with Crippen LogP contribution in [-0.4, -0.2) is 36.3 Å². The van der Waals surface area contributed by atoms with E-state index in [9.17, 15) is 4.46 Å². The van der Waals surface area contributed by atoms with E-state index in [1.165, 1.54) is 0 Å². The topological polar surface area (TPSA) is 35.5 Å². The Bertz CT molecular complexity index is 282. The van der Waals surface area contributed by atoms with Crippen LogP contribution in [0.15, 0.2) is 0 Å². The molecule has 0 aromatic carbocycles. The quantitative estimate of drug-likeness (QED) is 0.704. The van der Waals surface area contributed by atoms with Crippen LogP contribution in [0.25, 0.3) is 0 Å². The predicted molar refractivity (Wildman–Crippen MR) is 78.8 cm³/mol. The lowest BCUT2D eigenvalue weighted by Gasteiger charge is -2.44. The van der Waals surface area contributed by atoms with E-state index < -0.39 is 25.3 Å². The van der Waals surface area contributed by atoms with Crippen LogP contribution in [0.2, 0.25) is 39.3 Å². The van der Waals surface area contributed by atoms with Gasteiger partial charge in [-0.15, -0.1) is 0 Å². The fraction of sp³-hybridized carbons (Fsp3) is 1.00. The van der Waals surface area contributed by atoms with E-state index in [0.29, 0.717) is 0 Å². The molecule has 0 rings (SSSR count). The zero-order chi connectivity index (χ0) is 14.1. The molecule has 3 nitrogen and oxygen atoms in total. The lowest BCUT2D eigenvalue weighted by atomic mass is 10.5. The maximum atomic E-state index is 11.5. The minimum absolute atomic E-state index is 0.147. The summed E-state index contributed by atoms with van der Waals surface area (Å²) in [6.07, 6.45) is 0. The van der Waals surface area contributed by atoms with Gasteiger partial charge in [0, 0.05) is 0 Å². The molecule has 102 valence electrons. The monoisotopic (exact) mass is 292 g/mol. The zero-order valence-electron chi connectivity index (χ0n) is 12.8. The smallest absolute Gasteiger partial charge is 0.302 e. The Balaban J connectivity index is 4.84. The van der Waals surface area contributed by atoms with Crippen LogP contribution < -0.4 is 0 Å². The minimum Gasteiger partial charge on any atom is -0.413 e. The molecule has 0 N–H and O–H groups in total. The highest BCUT2D eigenvalue weighted by Crippen LogP contribution is 2.29. The number of rotatable bonds is 6. The van der Waals surface area contributed by atoms with Gasteiger partial charge in [-0.1, -0.05) is 0 Å². The summed E-state index contributed by atoms with van der Waals surface area (Å²) in [5.74, 6) is 0. The first kappa shape index (κ1) is 17.4. The molecule has 0 aliphatic carbocycles. The summed E-state index contributed by atoms with van der Waals surface area (Å²) in [7, 11) is -5.25. The summed E-state index contributed by atoms with van der Waals surface area (Å²) in [5.41, 5.74) is -0.147. The van der Waals surface area contributed by atoms with E-state index in [-0.39, 0.29) is 11.0 Å². The van der Waals surface area contributed by atoms with Gasteiger partial charge < -0.3 is 13.3 Å². The average Bonchev–Trinajstić information content (AvgIpc) is 1.97. The van der Waals surface area contributed by atoms with Gasteiger partial charge >= 0.3 is 8.68 Å². The van der Waals surface area contributed by atoms with Crippen molar-refractivity contribution in [3.8, 4) is 0 Å². The standard InChI is InChI=1S/C11H28O3Si3/c1-10(15(4)12)13-17(8,9)11(2,3)14-16(5,6)7/h10H,1-9H3. The van der Waals surface area contributed by atoms with Crippen molar-refractivity contribution in [3.63, 3.8) is 0 Å². The molecule has 0 aromatic heterocycles. The molecule has 0 aliphatic rings. The Kier molecular flexibility index (Phi) is 5.68. The maximum Gasteiger partial charge on any atom is 0.302 e. The van der Waals surface area contributed by atoms with Crippen LogP contribution in [-0.2, 0) is 13.3 Å². The van der Waals surface area contributed by atoms with Crippen molar-refractivity contribution in [2.75, 3.05) is 0 Å². The van der Waals surface area contributed by atoms with Gasteiger partial charge in [0.05, 0.1) is 11.0 Å². The molecule has 0 aliphatic heterocycles. The van der Waals surface area contributed by atoms with Crippen LogP contribution >= 0.6 is 0 Å². The largest absolute Gasteiger partial charge is 0.413 e. The summed E-state index contributed by atoms with van der Waals surface area (Å²) in [6, 6.07) is 0. The highest BCUT2D eigenvalue weighted by molar-refractivity contribution is 6.77. The molecule has 0 saturated heterocycles. The molecule has 6 heteroatoms. The first-order chi connectivity index (χ1) is 7.28. The molecule has 17 heavy (non-hydrogen) atoms. The molecule has 0 amide bonds. The lowest BCUT2D eigenvalue weighted by molar-refractivity contribution is 0.131. The Labute approximate surface area is 110 Å². The van der Waals surface area contributed by atoms with Crippen molar-refractivity contribution in [1.29, 1.82) is 0 Å². The Morgan fingerprint density at radius 1 is 1.12 bits per heavy atom. The summed E-state index contributed by atoms with van der Waals surface area (Å²) in [4.78, 5) is 0. The molecule has 0 spiro atoms. The average molecular weight is 293 g/mol. The van der Waals surface area contributed by atoms with Crippen LogP contribution in [0.4, 0.5) is 0 Å². The van der Waals surface area contributed by atoms with Crippen molar-refractivity contribution in [2.45, 2.75) is 71.0 Å². The van der Waals surface area contributed by atoms with E-state index in [1.54, 1.807) is 6.55 Å². The van der Waals surface area contributed by atoms with Gasteiger partial charge in [-0.3, -0.25) is 0 Å². The first-order valence-electron chi connectivity index (χ1n) is 6.17. The molecular weight excluding hydrogens is 264 g/mol. The van der Waals surface area contributed by atoms with E-state index in [1.807, 2.05) is 6.92 Å². The summed E-state index contributed by atoms with van der Waals surface area (Å²) in [5, 5.41) is -0.247. The summed E-state index contributed by atoms with van der Waals surface area (Å²) in [6.45, 7) is 18.7. The van der Waals surface area contributed by atoms with Crippen LogP contribution in [0.1, 0.15) is 20.8 Å². The molecule has 0 saturated carbocycles. The number of hydrogen-bond acceptors (Lipinski definition) is 3. The van der Waals surface area contributed by atoms with Gasteiger partial charge in [0.2, 0.25) is 8.32 Å². The van der Waals surface area contributed by atoms with Crippen molar-refractivity contribution < 1.29 is 13.3 Å².